The molecule has 0 aliphatic heterocycles. The largest absolute Gasteiger partial charge is 0.385 e. The zero-order chi connectivity index (χ0) is 12.9. The fourth-order valence-corrected chi connectivity index (χ4v) is 2.24. The molecule has 1 aromatic carbocycles. The molecule has 1 aromatic rings. The van der Waals surface area contributed by atoms with Gasteiger partial charge >= 0.3 is 0 Å². The van der Waals surface area contributed by atoms with E-state index >= 15 is 0 Å². The third-order valence-electron chi connectivity index (χ3n) is 2.57. The van der Waals surface area contributed by atoms with E-state index in [1.807, 2.05) is 12.1 Å². The van der Waals surface area contributed by atoms with Crippen LogP contribution in [0.2, 0.25) is 0 Å². The Balaban J connectivity index is 2.44. The van der Waals surface area contributed by atoms with Gasteiger partial charge in [-0.1, -0.05) is 26.0 Å². The molecule has 0 heterocycles. The molecule has 96 valence electrons. The Hall–Kier alpha value is -1.03. The van der Waals surface area contributed by atoms with Gasteiger partial charge in [0.15, 0.2) is 0 Å². The minimum Gasteiger partial charge on any atom is -0.385 e. The second kappa shape index (κ2) is 6.05. The van der Waals surface area contributed by atoms with Crippen LogP contribution in [0.4, 0.5) is 5.69 Å². The van der Waals surface area contributed by atoms with Crippen molar-refractivity contribution >= 4 is 15.5 Å². The molecule has 3 nitrogen and oxygen atoms in total. The Bertz CT molecular complexity index is 452. The lowest BCUT2D eigenvalue weighted by Gasteiger charge is -2.10. The highest BCUT2D eigenvalue weighted by atomic mass is 32.2. The van der Waals surface area contributed by atoms with E-state index in [1.54, 1.807) is 0 Å². The average Bonchev–Trinajstić information content (AvgIpc) is 2.23. The Kier molecular flexibility index (Phi) is 5.00. The van der Waals surface area contributed by atoms with E-state index in [4.69, 9.17) is 0 Å². The monoisotopic (exact) mass is 255 g/mol. The van der Waals surface area contributed by atoms with Crippen molar-refractivity contribution in [1.29, 1.82) is 0 Å². The number of rotatable bonds is 6. The minimum absolute atomic E-state index is 0.240. The summed E-state index contributed by atoms with van der Waals surface area (Å²) in [7, 11) is -2.84. The van der Waals surface area contributed by atoms with Crippen molar-refractivity contribution in [3.63, 3.8) is 0 Å². The Labute approximate surface area is 104 Å². The maximum absolute atomic E-state index is 11.0. The fraction of sp³-hybridized carbons (Fsp3) is 0.538. The van der Waals surface area contributed by atoms with E-state index in [-0.39, 0.29) is 5.75 Å². The van der Waals surface area contributed by atoms with Crippen LogP contribution in [-0.4, -0.2) is 27.0 Å². The first-order valence-electron chi connectivity index (χ1n) is 5.90. The molecule has 0 bridgehead atoms. The smallest absolute Gasteiger partial charge is 0.147 e. The first-order chi connectivity index (χ1) is 7.88. The summed E-state index contributed by atoms with van der Waals surface area (Å²) in [6, 6.07) is 8.25. The molecule has 0 fully saturated rings. The maximum Gasteiger partial charge on any atom is 0.147 e. The van der Waals surface area contributed by atoms with Gasteiger partial charge in [-0.2, -0.15) is 0 Å². The summed E-state index contributed by atoms with van der Waals surface area (Å²) in [4.78, 5) is 0. The molecule has 0 saturated carbocycles. The quantitative estimate of drug-likeness (QED) is 0.795. The van der Waals surface area contributed by atoms with E-state index in [0.717, 1.165) is 5.69 Å². The molecule has 0 amide bonds. The van der Waals surface area contributed by atoms with Crippen LogP contribution in [0.25, 0.3) is 0 Å². The maximum atomic E-state index is 11.0. The summed E-state index contributed by atoms with van der Waals surface area (Å²) in [5.41, 5.74) is 2.35. The number of hydrogen-bond donors (Lipinski definition) is 1. The summed E-state index contributed by atoms with van der Waals surface area (Å²) in [5, 5.41) is 3.25. The standard InChI is InChI=1S/C13H21NO2S/c1-11(2)12-6-4-7-13(10-12)14-8-5-9-17(3,15)16/h4,6-7,10-11,14H,5,8-9H2,1-3H3. The third-order valence-corrected chi connectivity index (χ3v) is 3.60. The highest BCUT2D eigenvalue weighted by molar-refractivity contribution is 7.90. The molecule has 0 unspecified atom stereocenters. The van der Waals surface area contributed by atoms with Crippen LogP contribution in [0, 0.1) is 0 Å². The van der Waals surface area contributed by atoms with Gasteiger partial charge in [-0.3, -0.25) is 0 Å². The van der Waals surface area contributed by atoms with Gasteiger partial charge in [0, 0.05) is 18.5 Å². The fourth-order valence-electron chi connectivity index (χ4n) is 1.57. The third kappa shape index (κ3) is 5.73. The van der Waals surface area contributed by atoms with E-state index in [9.17, 15) is 8.42 Å². The van der Waals surface area contributed by atoms with Crippen molar-refractivity contribution in [2.75, 3.05) is 23.9 Å². The highest BCUT2D eigenvalue weighted by Crippen LogP contribution is 2.18. The zero-order valence-corrected chi connectivity index (χ0v) is 11.5. The van der Waals surface area contributed by atoms with Crippen LogP contribution in [0.15, 0.2) is 24.3 Å². The summed E-state index contributed by atoms with van der Waals surface area (Å²) in [6.45, 7) is 5.00. The SMILES string of the molecule is CC(C)c1cccc(NCCCS(C)(=O)=O)c1. The van der Waals surface area contributed by atoms with Gasteiger partial charge < -0.3 is 5.32 Å². The van der Waals surface area contributed by atoms with Crippen molar-refractivity contribution in [2.45, 2.75) is 26.2 Å². The number of anilines is 1. The Morgan fingerprint density at radius 1 is 1.29 bits per heavy atom. The van der Waals surface area contributed by atoms with Crippen LogP contribution in [-0.2, 0) is 9.84 Å². The molecule has 4 heteroatoms. The lowest BCUT2D eigenvalue weighted by Crippen LogP contribution is -2.09. The van der Waals surface area contributed by atoms with Crippen molar-refractivity contribution in [3.8, 4) is 0 Å². The number of hydrogen-bond acceptors (Lipinski definition) is 3. The summed E-state index contributed by atoms with van der Waals surface area (Å²) < 4.78 is 21.9. The molecule has 0 radical (unpaired) electrons. The normalized spacial score (nSPS) is 11.8. The molecule has 0 spiro atoms. The first kappa shape index (κ1) is 14.0. The molecular weight excluding hydrogens is 234 g/mol. The van der Waals surface area contributed by atoms with Gasteiger partial charge in [-0.25, -0.2) is 8.42 Å². The Morgan fingerprint density at radius 3 is 2.59 bits per heavy atom. The highest BCUT2D eigenvalue weighted by Gasteiger charge is 2.02. The van der Waals surface area contributed by atoms with Crippen molar-refractivity contribution in [1.82, 2.24) is 0 Å². The topological polar surface area (TPSA) is 46.2 Å². The van der Waals surface area contributed by atoms with E-state index in [2.05, 4.69) is 31.3 Å². The second-order valence-corrected chi connectivity index (χ2v) is 6.95. The van der Waals surface area contributed by atoms with Gasteiger partial charge in [-0.15, -0.1) is 0 Å². The van der Waals surface area contributed by atoms with Crippen LogP contribution in [0.5, 0.6) is 0 Å². The molecule has 0 atom stereocenters. The first-order valence-corrected chi connectivity index (χ1v) is 7.96. The van der Waals surface area contributed by atoms with Crippen LogP contribution < -0.4 is 5.32 Å². The lowest BCUT2D eigenvalue weighted by molar-refractivity contribution is 0.600. The van der Waals surface area contributed by atoms with Crippen LogP contribution in [0.3, 0.4) is 0 Å². The van der Waals surface area contributed by atoms with Gasteiger partial charge in [0.1, 0.15) is 9.84 Å². The van der Waals surface area contributed by atoms with E-state index < -0.39 is 9.84 Å². The molecule has 1 rings (SSSR count). The van der Waals surface area contributed by atoms with E-state index in [1.165, 1.54) is 11.8 Å². The number of sulfone groups is 1. The molecule has 0 aliphatic rings. The van der Waals surface area contributed by atoms with Crippen molar-refractivity contribution in [3.05, 3.63) is 29.8 Å². The van der Waals surface area contributed by atoms with Crippen LogP contribution in [0.1, 0.15) is 31.7 Å². The van der Waals surface area contributed by atoms with Gasteiger partial charge in [0.25, 0.3) is 0 Å². The molecular formula is C13H21NO2S. The van der Waals surface area contributed by atoms with Gasteiger partial charge in [0.2, 0.25) is 0 Å². The molecule has 0 aliphatic carbocycles. The second-order valence-electron chi connectivity index (χ2n) is 4.69. The predicted octanol–water partition coefficient (Wildman–Crippen LogP) is 2.66. The average molecular weight is 255 g/mol. The summed E-state index contributed by atoms with van der Waals surface area (Å²) in [6.07, 6.45) is 1.91. The molecule has 0 saturated heterocycles. The Morgan fingerprint density at radius 2 is 2.00 bits per heavy atom. The van der Waals surface area contributed by atoms with Crippen molar-refractivity contribution in [2.24, 2.45) is 0 Å². The summed E-state index contributed by atoms with van der Waals surface area (Å²) >= 11 is 0. The lowest BCUT2D eigenvalue weighted by atomic mass is 10.0. The van der Waals surface area contributed by atoms with E-state index in [0.29, 0.717) is 18.9 Å². The van der Waals surface area contributed by atoms with Crippen molar-refractivity contribution < 1.29 is 8.42 Å². The molecule has 17 heavy (non-hydrogen) atoms. The summed E-state index contributed by atoms with van der Waals surface area (Å²) in [5.74, 6) is 0.747. The van der Waals surface area contributed by atoms with Gasteiger partial charge in [0.05, 0.1) is 5.75 Å². The predicted molar refractivity (Wildman–Crippen MR) is 73.3 cm³/mol. The molecule has 1 N–H and O–H groups in total. The molecule has 0 aromatic heterocycles. The van der Waals surface area contributed by atoms with Crippen LogP contribution >= 0.6 is 0 Å². The number of nitrogens with one attached hydrogen (secondary N) is 1. The minimum atomic E-state index is -2.84. The number of benzene rings is 1. The van der Waals surface area contributed by atoms with Gasteiger partial charge in [-0.05, 0) is 30.0 Å². The zero-order valence-electron chi connectivity index (χ0n) is 10.7.